The predicted molar refractivity (Wildman–Crippen MR) is 70.4 cm³/mol. The van der Waals surface area contributed by atoms with Gasteiger partial charge >= 0.3 is 0 Å². The Hall–Kier alpha value is -0.910. The smallest absolute Gasteiger partial charge is 0.261 e. The van der Waals surface area contributed by atoms with E-state index in [1.807, 2.05) is 0 Å². The van der Waals surface area contributed by atoms with Crippen molar-refractivity contribution in [3.05, 3.63) is 38.3 Å². The number of hydrogen-bond acceptors (Lipinski definition) is 3. The van der Waals surface area contributed by atoms with Crippen molar-refractivity contribution in [1.29, 1.82) is 0 Å². The van der Waals surface area contributed by atoms with Crippen LogP contribution in [-0.2, 0) is 6.54 Å². The Balaban J connectivity index is 2.67. The average Bonchev–Trinajstić information content (AvgIpc) is 2.25. The van der Waals surface area contributed by atoms with Crippen LogP contribution in [0, 0.1) is 0 Å². The molecule has 17 heavy (non-hydrogen) atoms. The van der Waals surface area contributed by atoms with Gasteiger partial charge in [-0.15, -0.1) is 0 Å². The van der Waals surface area contributed by atoms with Crippen molar-refractivity contribution in [3.63, 3.8) is 0 Å². The van der Waals surface area contributed by atoms with Crippen LogP contribution in [0.1, 0.15) is 6.92 Å². The van der Waals surface area contributed by atoms with Crippen LogP contribution in [0.3, 0.4) is 0 Å². The van der Waals surface area contributed by atoms with E-state index in [0.717, 1.165) is 0 Å². The van der Waals surface area contributed by atoms with E-state index in [2.05, 4.69) is 20.9 Å². The summed E-state index contributed by atoms with van der Waals surface area (Å²) in [5, 5.41) is 10.2. The summed E-state index contributed by atoms with van der Waals surface area (Å²) in [7, 11) is 0. The van der Waals surface area contributed by atoms with Crippen LogP contribution in [0.5, 0.6) is 0 Å². The van der Waals surface area contributed by atoms with E-state index in [1.54, 1.807) is 19.1 Å². The second-order valence-corrected chi connectivity index (χ2v) is 5.10. The summed E-state index contributed by atoms with van der Waals surface area (Å²) in [6.45, 7) is 1.83. The van der Waals surface area contributed by atoms with E-state index >= 15 is 0 Å². The van der Waals surface area contributed by atoms with Gasteiger partial charge in [0.25, 0.3) is 5.56 Å². The van der Waals surface area contributed by atoms with Gasteiger partial charge in [0.2, 0.25) is 0 Å². The molecule has 4 nitrogen and oxygen atoms in total. The zero-order valence-electron chi connectivity index (χ0n) is 9.02. The zero-order valence-corrected chi connectivity index (χ0v) is 11.4. The minimum Gasteiger partial charge on any atom is -0.392 e. The van der Waals surface area contributed by atoms with Gasteiger partial charge in [-0.3, -0.25) is 9.36 Å². The lowest BCUT2D eigenvalue weighted by molar-refractivity contribution is 0.172. The molecule has 1 atom stereocenters. The van der Waals surface area contributed by atoms with Crippen molar-refractivity contribution in [2.24, 2.45) is 0 Å². The highest BCUT2D eigenvalue weighted by Crippen LogP contribution is 2.25. The molecule has 0 spiro atoms. The van der Waals surface area contributed by atoms with Crippen LogP contribution in [0.25, 0.3) is 10.9 Å². The summed E-state index contributed by atoms with van der Waals surface area (Å²) in [5.74, 6) is 0. The standard InChI is InChI=1S/C11H10BrClN2O2/c1-6(16)4-15-5-14-10-3-8(12)9(13)2-7(10)11(15)17/h2-3,5-6,16H,4H2,1H3. The maximum Gasteiger partial charge on any atom is 0.261 e. The van der Waals surface area contributed by atoms with Crippen molar-refractivity contribution < 1.29 is 5.11 Å². The third-order valence-electron chi connectivity index (χ3n) is 2.33. The summed E-state index contributed by atoms with van der Waals surface area (Å²) < 4.78 is 2.07. The lowest BCUT2D eigenvalue weighted by Gasteiger charge is -2.08. The first-order chi connectivity index (χ1) is 7.99. The second-order valence-electron chi connectivity index (χ2n) is 3.83. The first-order valence-corrected chi connectivity index (χ1v) is 6.18. The molecule has 0 aliphatic heterocycles. The average molecular weight is 318 g/mol. The predicted octanol–water partition coefficient (Wildman–Crippen LogP) is 2.19. The van der Waals surface area contributed by atoms with E-state index in [-0.39, 0.29) is 12.1 Å². The molecule has 0 aliphatic carbocycles. The minimum atomic E-state index is -0.599. The minimum absolute atomic E-state index is 0.203. The number of fused-ring (bicyclic) bond motifs is 1. The highest BCUT2D eigenvalue weighted by atomic mass is 79.9. The largest absolute Gasteiger partial charge is 0.392 e. The fraction of sp³-hybridized carbons (Fsp3) is 0.273. The quantitative estimate of drug-likeness (QED) is 0.924. The first-order valence-electron chi connectivity index (χ1n) is 5.01. The number of hydrogen-bond donors (Lipinski definition) is 1. The van der Waals surface area contributed by atoms with Gasteiger partial charge in [-0.1, -0.05) is 11.6 Å². The molecule has 0 bridgehead atoms. The molecule has 2 aromatic rings. The van der Waals surface area contributed by atoms with Crippen molar-refractivity contribution in [2.45, 2.75) is 19.6 Å². The molecule has 6 heteroatoms. The molecule has 0 fully saturated rings. The normalized spacial score (nSPS) is 12.9. The Bertz CT molecular complexity index is 625. The fourth-order valence-corrected chi connectivity index (χ4v) is 2.06. The van der Waals surface area contributed by atoms with E-state index < -0.39 is 6.10 Å². The Morgan fingerprint density at radius 3 is 2.94 bits per heavy atom. The van der Waals surface area contributed by atoms with Crippen molar-refractivity contribution in [2.75, 3.05) is 0 Å². The lowest BCUT2D eigenvalue weighted by atomic mass is 10.2. The first kappa shape index (κ1) is 12.5. The van der Waals surface area contributed by atoms with Crippen LogP contribution in [0.2, 0.25) is 5.02 Å². The molecule has 0 radical (unpaired) electrons. The number of rotatable bonds is 2. The maximum atomic E-state index is 12.1. The van der Waals surface area contributed by atoms with Crippen molar-refractivity contribution in [1.82, 2.24) is 9.55 Å². The highest BCUT2D eigenvalue weighted by Gasteiger charge is 2.08. The van der Waals surface area contributed by atoms with Gasteiger partial charge in [0.05, 0.1) is 34.9 Å². The molecule has 90 valence electrons. The zero-order chi connectivity index (χ0) is 12.6. The Kier molecular flexibility index (Phi) is 3.51. The SMILES string of the molecule is CC(O)Cn1cnc2cc(Br)c(Cl)cc2c1=O. The summed E-state index contributed by atoms with van der Waals surface area (Å²) in [6.07, 6.45) is 0.829. The highest BCUT2D eigenvalue weighted by molar-refractivity contribution is 9.10. The number of benzene rings is 1. The Morgan fingerprint density at radius 2 is 2.29 bits per heavy atom. The molecule has 1 aromatic heterocycles. The van der Waals surface area contributed by atoms with Crippen LogP contribution in [0.4, 0.5) is 0 Å². The number of aromatic nitrogens is 2. The van der Waals surface area contributed by atoms with Crippen LogP contribution in [0.15, 0.2) is 27.7 Å². The van der Waals surface area contributed by atoms with Gasteiger partial charge in [-0.2, -0.15) is 0 Å². The van der Waals surface area contributed by atoms with E-state index in [1.165, 1.54) is 10.9 Å². The van der Waals surface area contributed by atoms with Gasteiger partial charge in [0.1, 0.15) is 0 Å². The molecular formula is C11H10BrClN2O2. The summed E-state index contributed by atoms with van der Waals surface area (Å²) in [4.78, 5) is 16.2. The van der Waals surface area contributed by atoms with E-state index in [0.29, 0.717) is 20.4 Å². The molecule has 0 saturated carbocycles. The molecule has 1 aromatic carbocycles. The number of aliphatic hydroxyl groups is 1. The van der Waals surface area contributed by atoms with Crippen molar-refractivity contribution >= 4 is 38.4 Å². The second kappa shape index (κ2) is 4.76. The Morgan fingerprint density at radius 1 is 1.59 bits per heavy atom. The van der Waals surface area contributed by atoms with Gasteiger partial charge in [-0.05, 0) is 35.0 Å². The molecule has 0 saturated heterocycles. The van der Waals surface area contributed by atoms with Crippen LogP contribution < -0.4 is 5.56 Å². The van der Waals surface area contributed by atoms with Crippen LogP contribution in [-0.4, -0.2) is 20.8 Å². The molecule has 1 heterocycles. The molecule has 0 amide bonds. The monoisotopic (exact) mass is 316 g/mol. The third-order valence-corrected chi connectivity index (χ3v) is 3.52. The topological polar surface area (TPSA) is 55.1 Å². The van der Waals surface area contributed by atoms with Gasteiger partial charge < -0.3 is 5.11 Å². The molecule has 1 unspecified atom stereocenters. The third kappa shape index (κ3) is 2.51. The number of nitrogens with zero attached hydrogens (tertiary/aromatic N) is 2. The van der Waals surface area contributed by atoms with Gasteiger partial charge in [-0.25, -0.2) is 4.98 Å². The fourth-order valence-electron chi connectivity index (χ4n) is 1.57. The van der Waals surface area contributed by atoms with Crippen molar-refractivity contribution in [3.8, 4) is 0 Å². The number of halogens is 2. The maximum absolute atomic E-state index is 12.1. The number of aliphatic hydroxyl groups excluding tert-OH is 1. The molecule has 0 aliphatic rings. The van der Waals surface area contributed by atoms with E-state index in [4.69, 9.17) is 11.6 Å². The van der Waals surface area contributed by atoms with E-state index in [9.17, 15) is 9.90 Å². The van der Waals surface area contributed by atoms with Gasteiger partial charge in [0, 0.05) is 4.47 Å². The summed E-state index contributed by atoms with van der Waals surface area (Å²) in [6, 6.07) is 3.28. The summed E-state index contributed by atoms with van der Waals surface area (Å²) in [5.41, 5.74) is 0.374. The van der Waals surface area contributed by atoms with Crippen LogP contribution >= 0.6 is 27.5 Å². The Labute approximate surface area is 111 Å². The van der Waals surface area contributed by atoms with Gasteiger partial charge in [0.15, 0.2) is 0 Å². The molecule has 1 N–H and O–H groups in total. The molecular weight excluding hydrogens is 307 g/mol. The summed E-state index contributed by atoms with van der Waals surface area (Å²) >= 11 is 9.22. The lowest BCUT2D eigenvalue weighted by Crippen LogP contribution is -2.25. The molecule has 2 rings (SSSR count).